The number of aryl methyl sites for hydroxylation is 2. The maximum Gasteiger partial charge on any atom is 0.433 e. The second kappa shape index (κ2) is 6.48. The molecule has 3 nitrogen and oxygen atoms in total. The van der Waals surface area contributed by atoms with Crippen LogP contribution < -0.4 is 0 Å². The van der Waals surface area contributed by atoms with Gasteiger partial charge in [0.2, 0.25) is 0 Å². The van der Waals surface area contributed by atoms with Gasteiger partial charge in [-0.3, -0.25) is 4.79 Å². The molecule has 0 amide bonds. The minimum atomic E-state index is -4.52. The maximum absolute atomic E-state index is 12.6. The van der Waals surface area contributed by atoms with Gasteiger partial charge >= 0.3 is 6.18 Å². The number of nitrogens with zero attached hydrogens (tertiary/aromatic N) is 2. The summed E-state index contributed by atoms with van der Waals surface area (Å²) in [6, 6.07) is 6.31. The van der Waals surface area contributed by atoms with Crippen molar-refractivity contribution >= 4 is 17.5 Å². The Hall–Kier alpha value is -1.89. The van der Waals surface area contributed by atoms with E-state index in [2.05, 4.69) is 9.97 Å². The number of rotatable bonds is 4. The SMILES string of the molecule is Cc1ccc(C)c(C(=O)CSc2nccc(C(F)(F)F)n2)c1. The standard InChI is InChI=1S/C15H13F3N2OS/c1-9-3-4-10(2)11(7-9)12(21)8-22-14-19-6-5-13(20-14)15(16,17)18/h3-7H,8H2,1-2H3. The van der Waals surface area contributed by atoms with E-state index in [1.807, 2.05) is 26.0 Å². The van der Waals surface area contributed by atoms with Gasteiger partial charge in [0, 0.05) is 11.8 Å². The van der Waals surface area contributed by atoms with Crippen molar-refractivity contribution in [2.75, 3.05) is 5.75 Å². The highest BCUT2D eigenvalue weighted by atomic mass is 32.2. The molecule has 0 fully saturated rings. The van der Waals surface area contributed by atoms with Gasteiger partial charge in [0.1, 0.15) is 5.69 Å². The summed E-state index contributed by atoms with van der Waals surface area (Å²) in [6.07, 6.45) is -3.48. The zero-order chi connectivity index (χ0) is 16.3. The molecular weight excluding hydrogens is 313 g/mol. The molecule has 22 heavy (non-hydrogen) atoms. The molecule has 2 rings (SSSR count). The highest BCUT2D eigenvalue weighted by Crippen LogP contribution is 2.28. The van der Waals surface area contributed by atoms with Crippen LogP contribution in [0.3, 0.4) is 0 Å². The first-order chi connectivity index (χ1) is 10.3. The summed E-state index contributed by atoms with van der Waals surface area (Å²) in [5.41, 5.74) is 1.35. The lowest BCUT2D eigenvalue weighted by molar-refractivity contribution is -0.141. The minimum absolute atomic E-state index is 0.00833. The van der Waals surface area contributed by atoms with Crippen molar-refractivity contribution in [3.63, 3.8) is 0 Å². The molecule has 1 aromatic heterocycles. The largest absolute Gasteiger partial charge is 0.433 e. The van der Waals surface area contributed by atoms with E-state index in [0.717, 1.165) is 35.2 Å². The topological polar surface area (TPSA) is 42.9 Å². The van der Waals surface area contributed by atoms with Crippen molar-refractivity contribution in [1.29, 1.82) is 0 Å². The highest BCUT2D eigenvalue weighted by Gasteiger charge is 2.32. The molecule has 7 heteroatoms. The second-order valence-corrected chi connectivity index (χ2v) is 5.69. The Bertz CT molecular complexity index is 701. The molecule has 0 unspecified atom stereocenters. The van der Waals surface area contributed by atoms with Gasteiger partial charge in [0.15, 0.2) is 10.9 Å². The normalized spacial score (nSPS) is 11.5. The number of hydrogen-bond acceptors (Lipinski definition) is 4. The number of carbonyl (C=O) groups is 1. The van der Waals surface area contributed by atoms with Crippen LogP contribution in [0.5, 0.6) is 0 Å². The van der Waals surface area contributed by atoms with Crippen LogP contribution in [0.4, 0.5) is 13.2 Å². The Balaban J connectivity index is 2.10. The number of hydrogen-bond donors (Lipinski definition) is 0. The number of aromatic nitrogens is 2. The molecule has 116 valence electrons. The summed E-state index contributed by atoms with van der Waals surface area (Å²) in [5, 5.41) is -0.0616. The number of carbonyl (C=O) groups excluding carboxylic acids is 1. The minimum Gasteiger partial charge on any atom is -0.293 e. The van der Waals surface area contributed by atoms with Gasteiger partial charge in [-0.1, -0.05) is 29.5 Å². The second-order valence-electron chi connectivity index (χ2n) is 4.75. The van der Waals surface area contributed by atoms with Crippen LogP contribution in [0.1, 0.15) is 27.2 Å². The first kappa shape index (κ1) is 16.5. The lowest BCUT2D eigenvalue weighted by Gasteiger charge is -2.07. The number of Topliss-reactive ketones (excluding diaryl/α,β-unsaturated/α-hetero) is 1. The molecule has 1 heterocycles. The molecule has 0 bridgehead atoms. The summed E-state index contributed by atoms with van der Waals surface area (Å²) in [5.74, 6) is -0.168. The van der Waals surface area contributed by atoms with Crippen LogP contribution in [0, 0.1) is 13.8 Å². The van der Waals surface area contributed by atoms with Crippen molar-refractivity contribution in [3.05, 3.63) is 52.8 Å². The third kappa shape index (κ3) is 4.07. The van der Waals surface area contributed by atoms with Crippen LogP contribution >= 0.6 is 11.8 Å². The molecule has 0 radical (unpaired) electrons. The van der Waals surface area contributed by atoms with E-state index in [1.54, 1.807) is 6.07 Å². The van der Waals surface area contributed by atoms with Crippen LogP contribution in [-0.4, -0.2) is 21.5 Å². The third-order valence-electron chi connectivity index (χ3n) is 2.95. The van der Waals surface area contributed by atoms with E-state index in [9.17, 15) is 18.0 Å². The Morgan fingerprint density at radius 3 is 2.64 bits per heavy atom. The fourth-order valence-corrected chi connectivity index (χ4v) is 2.53. The van der Waals surface area contributed by atoms with Gasteiger partial charge in [-0.2, -0.15) is 13.2 Å². The molecule has 0 spiro atoms. The highest BCUT2D eigenvalue weighted by molar-refractivity contribution is 7.99. The first-order valence-corrected chi connectivity index (χ1v) is 7.39. The molecule has 0 atom stereocenters. The Kier molecular flexibility index (Phi) is 4.85. The summed E-state index contributed by atoms with van der Waals surface area (Å²) < 4.78 is 37.7. The van der Waals surface area contributed by atoms with Crippen molar-refractivity contribution in [1.82, 2.24) is 9.97 Å². The molecular formula is C15H13F3N2OS. The number of halogens is 3. The fourth-order valence-electron chi connectivity index (χ4n) is 1.81. The molecule has 1 aromatic carbocycles. The smallest absolute Gasteiger partial charge is 0.293 e. The van der Waals surface area contributed by atoms with E-state index < -0.39 is 11.9 Å². The number of benzene rings is 1. The van der Waals surface area contributed by atoms with Crippen LogP contribution in [-0.2, 0) is 6.18 Å². The van der Waals surface area contributed by atoms with Crippen molar-refractivity contribution in [3.8, 4) is 0 Å². The van der Waals surface area contributed by atoms with Crippen LogP contribution in [0.15, 0.2) is 35.6 Å². The predicted octanol–water partition coefficient (Wildman–Crippen LogP) is 4.09. The van der Waals surface area contributed by atoms with Gasteiger partial charge in [-0.15, -0.1) is 0 Å². The average molecular weight is 326 g/mol. The van der Waals surface area contributed by atoms with Gasteiger partial charge in [0.25, 0.3) is 0 Å². The summed E-state index contributed by atoms with van der Waals surface area (Å²) >= 11 is 0.896. The van der Waals surface area contributed by atoms with E-state index >= 15 is 0 Å². The third-order valence-corrected chi connectivity index (χ3v) is 3.81. The Morgan fingerprint density at radius 1 is 1.23 bits per heavy atom. The van der Waals surface area contributed by atoms with Gasteiger partial charge < -0.3 is 0 Å². The lowest BCUT2D eigenvalue weighted by atomic mass is 10.0. The van der Waals surface area contributed by atoms with Gasteiger partial charge in [-0.05, 0) is 31.5 Å². The monoisotopic (exact) mass is 326 g/mol. The summed E-state index contributed by atoms with van der Waals surface area (Å²) in [6.45, 7) is 3.69. The first-order valence-electron chi connectivity index (χ1n) is 6.41. The molecule has 0 aliphatic rings. The van der Waals surface area contributed by atoms with E-state index in [4.69, 9.17) is 0 Å². The van der Waals surface area contributed by atoms with Crippen molar-refractivity contribution in [2.24, 2.45) is 0 Å². The fraction of sp³-hybridized carbons (Fsp3) is 0.267. The van der Waals surface area contributed by atoms with Crippen molar-refractivity contribution in [2.45, 2.75) is 25.2 Å². The number of ketones is 1. The van der Waals surface area contributed by atoms with E-state index in [1.165, 1.54) is 0 Å². The number of thioether (sulfide) groups is 1. The van der Waals surface area contributed by atoms with E-state index in [0.29, 0.717) is 5.56 Å². The van der Waals surface area contributed by atoms with Crippen LogP contribution in [0.25, 0.3) is 0 Å². The van der Waals surface area contributed by atoms with Gasteiger partial charge in [0.05, 0.1) is 5.75 Å². The molecule has 0 N–H and O–H groups in total. The molecule has 0 aliphatic heterocycles. The Labute approximate surface area is 130 Å². The van der Waals surface area contributed by atoms with Crippen molar-refractivity contribution < 1.29 is 18.0 Å². The van der Waals surface area contributed by atoms with Gasteiger partial charge in [-0.25, -0.2) is 9.97 Å². The predicted molar refractivity (Wildman–Crippen MR) is 78.0 cm³/mol. The van der Waals surface area contributed by atoms with Crippen LogP contribution in [0.2, 0.25) is 0 Å². The molecule has 0 saturated carbocycles. The van der Waals surface area contributed by atoms with E-state index in [-0.39, 0.29) is 16.7 Å². The molecule has 2 aromatic rings. The average Bonchev–Trinajstić information content (AvgIpc) is 2.47. The lowest BCUT2D eigenvalue weighted by Crippen LogP contribution is -2.10. The Morgan fingerprint density at radius 2 is 1.95 bits per heavy atom. The zero-order valence-corrected chi connectivity index (χ0v) is 12.8. The summed E-state index contributed by atoms with van der Waals surface area (Å²) in [7, 11) is 0. The zero-order valence-electron chi connectivity index (χ0n) is 11.9. The maximum atomic E-state index is 12.6. The molecule has 0 aliphatic carbocycles. The number of alkyl halides is 3. The molecule has 0 saturated heterocycles. The summed E-state index contributed by atoms with van der Waals surface area (Å²) in [4.78, 5) is 19.4. The quantitative estimate of drug-likeness (QED) is 0.482.